The molecule has 3 heteroatoms. The molecule has 2 atom stereocenters. The standard InChI is InChI=1S/C16H35N3/c1-6-9-17-15(12-14(7-2)8-3)16-13-18(4)10-11-19(16)5/h14-17H,6-13H2,1-5H3. The summed E-state index contributed by atoms with van der Waals surface area (Å²) < 4.78 is 0. The van der Waals surface area contributed by atoms with Gasteiger partial charge in [-0.05, 0) is 39.4 Å². The van der Waals surface area contributed by atoms with Crippen LogP contribution in [-0.2, 0) is 0 Å². The molecule has 0 bridgehead atoms. The monoisotopic (exact) mass is 269 g/mol. The normalized spacial score (nSPS) is 24.0. The van der Waals surface area contributed by atoms with E-state index in [-0.39, 0.29) is 0 Å². The predicted molar refractivity (Wildman–Crippen MR) is 84.7 cm³/mol. The molecule has 0 saturated carbocycles. The smallest absolute Gasteiger partial charge is 0.0374 e. The number of hydrogen-bond donors (Lipinski definition) is 1. The number of likely N-dealkylation sites (N-methyl/N-ethyl adjacent to an activating group) is 2. The molecular formula is C16H35N3. The second-order valence-electron chi connectivity index (χ2n) is 6.29. The van der Waals surface area contributed by atoms with Gasteiger partial charge in [0.05, 0.1) is 0 Å². The molecule has 0 aromatic rings. The number of nitrogens with zero attached hydrogens (tertiary/aromatic N) is 2. The summed E-state index contributed by atoms with van der Waals surface area (Å²) in [6.45, 7) is 11.7. The summed E-state index contributed by atoms with van der Waals surface area (Å²) in [7, 11) is 4.55. The highest BCUT2D eigenvalue weighted by Gasteiger charge is 2.30. The maximum Gasteiger partial charge on any atom is 0.0374 e. The summed E-state index contributed by atoms with van der Waals surface area (Å²) in [6, 6.07) is 1.32. The van der Waals surface area contributed by atoms with Crippen LogP contribution in [0.15, 0.2) is 0 Å². The topological polar surface area (TPSA) is 18.5 Å². The highest BCUT2D eigenvalue weighted by molar-refractivity contribution is 4.89. The third-order valence-corrected chi connectivity index (χ3v) is 4.76. The summed E-state index contributed by atoms with van der Waals surface area (Å²) in [6.07, 6.45) is 5.18. The Hall–Kier alpha value is -0.120. The van der Waals surface area contributed by atoms with Crippen molar-refractivity contribution in [3.8, 4) is 0 Å². The van der Waals surface area contributed by atoms with Crippen LogP contribution in [0, 0.1) is 5.92 Å². The van der Waals surface area contributed by atoms with Crippen LogP contribution < -0.4 is 5.32 Å². The number of hydrogen-bond acceptors (Lipinski definition) is 3. The first-order valence-corrected chi connectivity index (χ1v) is 8.24. The molecule has 0 aliphatic carbocycles. The Balaban J connectivity index is 2.64. The number of rotatable bonds is 8. The zero-order valence-electron chi connectivity index (χ0n) is 13.8. The van der Waals surface area contributed by atoms with Crippen LogP contribution in [0.25, 0.3) is 0 Å². The van der Waals surface area contributed by atoms with E-state index in [1.165, 1.54) is 45.3 Å². The van der Waals surface area contributed by atoms with Gasteiger partial charge in [0, 0.05) is 31.7 Å². The van der Waals surface area contributed by atoms with Crippen LogP contribution in [0.2, 0.25) is 0 Å². The van der Waals surface area contributed by atoms with Crippen LogP contribution in [0.1, 0.15) is 46.5 Å². The molecule has 0 aromatic carbocycles. The maximum atomic E-state index is 3.82. The summed E-state index contributed by atoms with van der Waals surface area (Å²) in [4.78, 5) is 5.05. The molecule has 1 aliphatic rings. The van der Waals surface area contributed by atoms with E-state index in [2.05, 4.69) is 50.0 Å². The van der Waals surface area contributed by atoms with Gasteiger partial charge < -0.3 is 10.2 Å². The lowest BCUT2D eigenvalue weighted by molar-refractivity contribution is 0.0796. The van der Waals surface area contributed by atoms with Gasteiger partial charge in [-0.1, -0.05) is 33.6 Å². The number of nitrogens with one attached hydrogen (secondary N) is 1. The van der Waals surface area contributed by atoms with E-state index in [0.717, 1.165) is 12.5 Å². The van der Waals surface area contributed by atoms with Gasteiger partial charge in [0.1, 0.15) is 0 Å². The van der Waals surface area contributed by atoms with Gasteiger partial charge >= 0.3 is 0 Å². The molecule has 1 N–H and O–H groups in total. The van der Waals surface area contributed by atoms with Crippen molar-refractivity contribution in [3.63, 3.8) is 0 Å². The van der Waals surface area contributed by atoms with E-state index in [1.807, 2.05) is 0 Å². The zero-order chi connectivity index (χ0) is 14.3. The lowest BCUT2D eigenvalue weighted by atomic mass is 9.89. The van der Waals surface area contributed by atoms with Crippen LogP contribution in [-0.4, -0.2) is 62.2 Å². The second-order valence-corrected chi connectivity index (χ2v) is 6.29. The first-order chi connectivity index (χ1) is 9.12. The van der Waals surface area contributed by atoms with Crippen molar-refractivity contribution in [2.45, 2.75) is 58.5 Å². The van der Waals surface area contributed by atoms with Gasteiger partial charge in [-0.2, -0.15) is 0 Å². The predicted octanol–water partition coefficient (Wildman–Crippen LogP) is 2.43. The Morgan fingerprint density at radius 1 is 1.11 bits per heavy atom. The molecule has 3 nitrogen and oxygen atoms in total. The highest BCUT2D eigenvalue weighted by Crippen LogP contribution is 2.20. The molecule has 0 amide bonds. The van der Waals surface area contributed by atoms with Crippen molar-refractivity contribution in [1.82, 2.24) is 15.1 Å². The van der Waals surface area contributed by atoms with Crippen molar-refractivity contribution >= 4 is 0 Å². The fraction of sp³-hybridized carbons (Fsp3) is 1.00. The Labute approximate surface area is 120 Å². The molecule has 0 radical (unpaired) electrons. The van der Waals surface area contributed by atoms with Crippen molar-refractivity contribution < 1.29 is 0 Å². The van der Waals surface area contributed by atoms with Crippen molar-refractivity contribution in [1.29, 1.82) is 0 Å². The molecule has 114 valence electrons. The van der Waals surface area contributed by atoms with E-state index in [1.54, 1.807) is 0 Å². The van der Waals surface area contributed by atoms with Gasteiger partial charge in [0.2, 0.25) is 0 Å². The van der Waals surface area contributed by atoms with Crippen LogP contribution in [0.4, 0.5) is 0 Å². The van der Waals surface area contributed by atoms with Crippen LogP contribution in [0.5, 0.6) is 0 Å². The van der Waals surface area contributed by atoms with Crippen molar-refractivity contribution in [2.24, 2.45) is 5.92 Å². The van der Waals surface area contributed by atoms with Crippen molar-refractivity contribution in [2.75, 3.05) is 40.3 Å². The van der Waals surface area contributed by atoms with E-state index >= 15 is 0 Å². The zero-order valence-corrected chi connectivity index (χ0v) is 13.8. The van der Waals surface area contributed by atoms with Crippen LogP contribution in [0.3, 0.4) is 0 Å². The van der Waals surface area contributed by atoms with Gasteiger partial charge in [0.25, 0.3) is 0 Å². The minimum absolute atomic E-state index is 0.651. The number of piperazine rings is 1. The second kappa shape index (κ2) is 8.93. The first-order valence-electron chi connectivity index (χ1n) is 8.24. The minimum Gasteiger partial charge on any atom is -0.312 e. The summed E-state index contributed by atoms with van der Waals surface area (Å²) in [5.74, 6) is 0.870. The van der Waals surface area contributed by atoms with Gasteiger partial charge in [-0.3, -0.25) is 4.90 Å². The minimum atomic E-state index is 0.651. The molecular weight excluding hydrogens is 234 g/mol. The molecule has 0 aromatic heterocycles. The average molecular weight is 269 g/mol. The molecule has 2 unspecified atom stereocenters. The Kier molecular flexibility index (Phi) is 7.96. The van der Waals surface area contributed by atoms with E-state index < -0.39 is 0 Å². The van der Waals surface area contributed by atoms with E-state index in [4.69, 9.17) is 0 Å². The van der Waals surface area contributed by atoms with Gasteiger partial charge in [0.15, 0.2) is 0 Å². The molecule has 19 heavy (non-hydrogen) atoms. The molecule has 0 spiro atoms. The van der Waals surface area contributed by atoms with Crippen molar-refractivity contribution in [3.05, 3.63) is 0 Å². The van der Waals surface area contributed by atoms with E-state index in [0.29, 0.717) is 12.1 Å². The third-order valence-electron chi connectivity index (χ3n) is 4.76. The molecule has 1 heterocycles. The Morgan fingerprint density at radius 3 is 2.37 bits per heavy atom. The third kappa shape index (κ3) is 5.41. The lowest BCUT2D eigenvalue weighted by Gasteiger charge is -2.43. The summed E-state index contributed by atoms with van der Waals surface area (Å²) >= 11 is 0. The summed E-state index contributed by atoms with van der Waals surface area (Å²) in [5.41, 5.74) is 0. The highest BCUT2D eigenvalue weighted by atomic mass is 15.3. The Morgan fingerprint density at radius 2 is 1.79 bits per heavy atom. The average Bonchev–Trinajstić information content (AvgIpc) is 2.42. The molecule has 1 saturated heterocycles. The fourth-order valence-electron chi connectivity index (χ4n) is 3.17. The van der Waals surface area contributed by atoms with Gasteiger partial charge in [-0.25, -0.2) is 0 Å². The SMILES string of the molecule is CCCNC(CC(CC)CC)C1CN(C)CCN1C. The molecule has 1 aliphatic heterocycles. The quantitative estimate of drug-likeness (QED) is 0.730. The molecule has 1 rings (SSSR count). The largest absolute Gasteiger partial charge is 0.312 e. The van der Waals surface area contributed by atoms with E-state index in [9.17, 15) is 0 Å². The fourth-order valence-corrected chi connectivity index (χ4v) is 3.17. The first kappa shape index (κ1) is 16.9. The van der Waals surface area contributed by atoms with Gasteiger partial charge in [-0.15, -0.1) is 0 Å². The molecule has 1 fully saturated rings. The lowest BCUT2D eigenvalue weighted by Crippen LogP contribution is -2.59. The Bertz CT molecular complexity index is 228. The van der Waals surface area contributed by atoms with Crippen LogP contribution >= 0.6 is 0 Å². The maximum absolute atomic E-state index is 3.82. The summed E-state index contributed by atoms with van der Waals surface area (Å²) in [5, 5.41) is 3.82.